The number of thioether (sulfide) groups is 1. The number of nitriles is 1. The quantitative estimate of drug-likeness (QED) is 0.235. The summed E-state index contributed by atoms with van der Waals surface area (Å²) in [6.07, 6.45) is 3.22. The normalized spacial score (nSPS) is 11.6. The van der Waals surface area contributed by atoms with E-state index in [-0.39, 0.29) is 11.8 Å². The standard InChI is InChI=1S/C27H20N6OS/c28-14-23(19-6-2-1-3-7-19)20-9-11-22(12-10-20)32-26(34)21-8-4-5-18(13-21)16-35-27-24-15-31-33-25(24)29-17-30-27/h1-13,15,17,23H,16H2,(H,32,34)(H,29,30,31,33). The highest BCUT2D eigenvalue weighted by Gasteiger charge is 2.14. The van der Waals surface area contributed by atoms with Crippen LogP contribution in [0.15, 0.2) is 96.4 Å². The van der Waals surface area contributed by atoms with E-state index in [1.165, 1.54) is 6.33 Å². The van der Waals surface area contributed by atoms with Gasteiger partial charge in [0, 0.05) is 17.0 Å². The first kappa shape index (κ1) is 22.3. The molecule has 0 saturated heterocycles. The molecule has 0 fully saturated rings. The Morgan fingerprint density at radius 2 is 1.80 bits per heavy atom. The lowest BCUT2D eigenvalue weighted by atomic mass is 9.92. The molecule has 0 aliphatic heterocycles. The summed E-state index contributed by atoms with van der Waals surface area (Å²) in [5.74, 6) is 0.111. The number of rotatable bonds is 7. The van der Waals surface area contributed by atoms with Crippen LogP contribution in [0.1, 0.15) is 33.0 Å². The highest BCUT2D eigenvalue weighted by atomic mass is 32.2. The minimum absolute atomic E-state index is 0.191. The van der Waals surface area contributed by atoms with Gasteiger partial charge in [0.25, 0.3) is 5.91 Å². The highest BCUT2D eigenvalue weighted by Crippen LogP contribution is 2.27. The summed E-state index contributed by atoms with van der Waals surface area (Å²) in [6.45, 7) is 0. The Morgan fingerprint density at radius 1 is 1.00 bits per heavy atom. The Hall–Kier alpha value is -4.48. The minimum Gasteiger partial charge on any atom is -0.322 e. The van der Waals surface area contributed by atoms with Gasteiger partial charge >= 0.3 is 0 Å². The monoisotopic (exact) mass is 476 g/mol. The molecule has 0 saturated carbocycles. The molecule has 0 spiro atoms. The van der Waals surface area contributed by atoms with Crippen molar-refractivity contribution in [2.24, 2.45) is 0 Å². The average Bonchev–Trinajstić information content (AvgIpc) is 3.39. The molecule has 1 atom stereocenters. The lowest BCUT2D eigenvalue weighted by Gasteiger charge is -2.11. The average molecular weight is 477 g/mol. The summed E-state index contributed by atoms with van der Waals surface area (Å²) in [7, 11) is 0. The summed E-state index contributed by atoms with van der Waals surface area (Å²) in [4.78, 5) is 21.4. The Bertz CT molecular complexity index is 1510. The number of H-pyrrole nitrogens is 1. The first-order valence-corrected chi connectivity index (χ1v) is 11.9. The molecule has 5 rings (SSSR count). The van der Waals surface area contributed by atoms with Gasteiger partial charge in [-0.2, -0.15) is 10.4 Å². The van der Waals surface area contributed by atoms with E-state index in [4.69, 9.17) is 0 Å². The van der Waals surface area contributed by atoms with E-state index in [2.05, 4.69) is 31.6 Å². The van der Waals surface area contributed by atoms with Gasteiger partial charge in [0.1, 0.15) is 11.4 Å². The Labute approximate surface area is 206 Å². The van der Waals surface area contributed by atoms with Crippen LogP contribution < -0.4 is 5.32 Å². The van der Waals surface area contributed by atoms with E-state index in [9.17, 15) is 10.1 Å². The van der Waals surface area contributed by atoms with Gasteiger partial charge in [-0.1, -0.05) is 54.6 Å². The maximum atomic E-state index is 12.9. The molecule has 3 aromatic carbocycles. The Balaban J connectivity index is 1.25. The molecule has 0 radical (unpaired) electrons. The molecule has 2 heterocycles. The molecule has 35 heavy (non-hydrogen) atoms. The smallest absolute Gasteiger partial charge is 0.255 e. The second-order valence-corrected chi connectivity index (χ2v) is 8.81. The number of nitrogens with zero attached hydrogens (tertiary/aromatic N) is 4. The lowest BCUT2D eigenvalue weighted by molar-refractivity contribution is 0.102. The van der Waals surface area contributed by atoms with E-state index >= 15 is 0 Å². The van der Waals surface area contributed by atoms with E-state index in [1.54, 1.807) is 24.0 Å². The fraction of sp³-hybridized carbons (Fsp3) is 0.0741. The number of benzene rings is 3. The molecule has 1 unspecified atom stereocenters. The lowest BCUT2D eigenvalue weighted by Crippen LogP contribution is -2.12. The second-order valence-electron chi connectivity index (χ2n) is 7.85. The van der Waals surface area contributed by atoms with Crippen molar-refractivity contribution in [3.05, 3.63) is 114 Å². The summed E-state index contributed by atoms with van der Waals surface area (Å²) in [5, 5.41) is 21.2. The van der Waals surface area contributed by atoms with Crippen molar-refractivity contribution in [3.8, 4) is 6.07 Å². The van der Waals surface area contributed by atoms with Gasteiger partial charge in [-0.15, -0.1) is 11.8 Å². The minimum atomic E-state index is -0.353. The molecular weight excluding hydrogens is 456 g/mol. The molecule has 1 amide bonds. The molecule has 0 aliphatic carbocycles. The number of carbonyl (C=O) groups is 1. The Kier molecular flexibility index (Phi) is 6.50. The van der Waals surface area contributed by atoms with Crippen molar-refractivity contribution < 1.29 is 4.79 Å². The van der Waals surface area contributed by atoms with E-state index in [1.807, 2.05) is 72.8 Å². The van der Waals surface area contributed by atoms with Gasteiger partial charge in [0.2, 0.25) is 0 Å². The van der Waals surface area contributed by atoms with Gasteiger partial charge in [-0.25, -0.2) is 9.97 Å². The molecule has 7 nitrogen and oxygen atoms in total. The number of aromatic nitrogens is 4. The number of nitrogens with one attached hydrogen (secondary N) is 2. The van der Waals surface area contributed by atoms with Crippen molar-refractivity contribution in [2.45, 2.75) is 16.7 Å². The highest BCUT2D eigenvalue weighted by molar-refractivity contribution is 7.98. The first-order valence-electron chi connectivity index (χ1n) is 10.9. The number of hydrogen-bond acceptors (Lipinski definition) is 6. The number of hydrogen-bond donors (Lipinski definition) is 2. The third kappa shape index (κ3) is 5.05. The van der Waals surface area contributed by atoms with E-state index in [0.29, 0.717) is 22.7 Å². The van der Waals surface area contributed by atoms with Gasteiger partial charge in [0.15, 0.2) is 5.65 Å². The van der Waals surface area contributed by atoms with Gasteiger partial charge in [-0.05, 0) is 41.0 Å². The van der Waals surface area contributed by atoms with E-state index in [0.717, 1.165) is 27.1 Å². The topological polar surface area (TPSA) is 107 Å². The zero-order valence-electron chi connectivity index (χ0n) is 18.6. The van der Waals surface area contributed by atoms with Crippen LogP contribution in [0.2, 0.25) is 0 Å². The third-order valence-electron chi connectivity index (χ3n) is 5.54. The second kappa shape index (κ2) is 10.2. The first-order chi connectivity index (χ1) is 17.2. The van der Waals surface area contributed by atoms with Crippen LogP contribution in [-0.4, -0.2) is 26.1 Å². The molecule has 2 aromatic heterocycles. The van der Waals surface area contributed by atoms with Gasteiger partial charge in [-0.3, -0.25) is 9.89 Å². The molecule has 5 aromatic rings. The summed E-state index contributed by atoms with van der Waals surface area (Å²) >= 11 is 1.57. The summed E-state index contributed by atoms with van der Waals surface area (Å²) < 4.78 is 0. The predicted molar refractivity (Wildman–Crippen MR) is 136 cm³/mol. The molecule has 8 heteroatoms. The van der Waals surface area contributed by atoms with Crippen molar-refractivity contribution in [1.29, 1.82) is 5.26 Å². The maximum absolute atomic E-state index is 12.9. The van der Waals surface area contributed by atoms with Crippen molar-refractivity contribution in [2.75, 3.05) is 5.32 Å². The molecule has 0 aliphatic rings. The van der Waals surface area contributed by atoms with Crippen molar-refractivity contribution >= 4 is 34.4 Å². The van der Waals surface area contributed by atoms with Crippen LogP contribution >= 0.6 is 11.8 Å². The molecule has 170 valence electrons. The summed E-state index contributed by atoms with van der Waals surface area (Å²) in [5.41, 5.74) is 4.78. The largest absolute Gasteiger partial charge is 0.322 e. The zero-order chi connectivity index (χ0) is 24.0. The third-order valence-corrected chi connectivity index (χ3v) is 6.62. The van der Waals surface area contributed by atoms with Crippen LogP contribution in [0.5, 0.6) is 0 Å². The number of anilines is 1. The maximum Gasteiger partial charge on any atom is 0.255 e. The van der Waals surface area contributed by atoms with Crippen LogP contribution in [0.25, 0.3) is 11.0 Å². The van der Waals surface area contributed by atoms with Crippen LogP contribution in [0, 0.1) is 11.3 Å². The number of amides is 1. The zero-order valence-corrected chi connectivity index (χ0v) is 19.4. The number of fused-ring (bicyclic) bond motifs is 1. The van der Waals surface area contributed by atoms with Crippen molar-refractivity contribution in [3.63, 3.8) is 0 Å². The van der Waals surface area contributed by atoms with Gasteiger partial charge < -0.3 is 5.32 Å². The summed E-state index contributed by atoms with van der Waals surface area (Å²) in [6, 6.07) is 26.9. The fourth-order valence-electron chi connectivity index (χ4n) is 3.76. The van der Waals surface area contributed by atoms with Gasteiger partial charge in [0.05, 0.1) is 23.6 Å². The molecule has 2 N–H and O–H groups in total. The van der Waals surface area contributed by atoms with Crippen LogP contribution in [-0.2, 0) is 5.75 Å². The number of aromatic amines is 1. The van der Waals surface area contributed by atoms with Crippen LogP contribution in [0.4, 0.5) is 5.69 Å². The van der Waals surface area contributed by atoms with Crippen molar-refractivity contribution in [1.82, 2.24) is 20.2 Å². The fourth-order valence-corrected chi connectivity index (χ4v) is 4.67. The van der Waals surface area contributed by atoms with E-state index < -0.39 is 0 Å². The van der Waals surface area contributed by atoms with Crippen LogP contribution in [0.3, 0.4) is 0 Å². The predicted octanol–water partition coefficient (Wildman–Crippen LogP) is 5.55. The molecule has 0 bridgehead atoms. The Morgan fingerprint density at radius 3 is 2.60 bits per heavy atom. The number of carbonyl (C=O) groups excluding carboxylic acids is 1. The molecular formula is C27H20N6OS. The SMILES string of the molecule is N#CC(c1ccccc1)c1ccc(NC(=O)c2cccc(CSc3ncnc4[nH]ncc34)c2)cc1.